The van der Waals surface area contributed by atoms with Crippen molar-refractivity contribution in [2.24, 2.45) is 0 Å². The Balaban J connectivity index is 1.56. The van der Waals surface area contributed by atoms with Crippen LogP contribution in [0.5, 0.6) is 23.0 Å². The van der Waals surface area contributed by atoms with Gasteiger partial charge in [0.25, 0.3) is 0 Å². The number of para-hydroxylation sites is 2. The predicted octanol–water partition coefficient (Wildman–Crippen LogP) is 5.00. The van der Waals surface area contributed by atoms with E-state index in [0.29, 0.717) is 41.0 Å². The van der Waals surface area contributed by atoms with E-state index in [9.17, 15) is 4.79 Å². The number of rotatable bonds is 4. The number of fused-ring (bicyclic) bond motifs is 3. The minimum Gasteiger partial charge on any atom is -0.493 e. The van der Waals surface area contributed by atoms with Crippen LogP contribution in [0, 0.1) is 6.92 Å². The van der Waals surface area contributed by atoms with Crippen molar-refractivity contribution in [1.82, 2.24) is 4.90 Å². The van der Waals surface area contributed by atoms with Gasteiger partial charge in [0.05, 0.1) is 18.1 Å². The Morgan fingerprint density at radius 2 is 1.83 bits per heavy atom. The topological polar surface area (TPSA) is 61.1 Å². The van der Waals surface area contributed by atoms with Crippen LogP contribution in [0.3, 0.4) is 0 Å². The molecule has 1 fully saturated rings. The molecule has 0 amide bonds. The number of methoxy groups -OCH3 is 1. The number of ether oxygens (including phenoxy) is 3. The number of hydrogen-bond acceptors (Lipinski definition) is 6. The molecular weight excluding hydrogens is 382 g/mol. The zero-order valence-electron chi connectivity index (χ0n) is 17.3. The van der Waals surface area contributed by atoms with Gasteiger partial charge in [-0.25, -0.2) is 0 Å². The normalized spacial score (nSPS) is 17.0. The number of benzene rings is 2. The number of hydrogen-bond donors (Lipinski definition) is 0. The highest BCUT2D eigenvalue weighted by atomic mass is 16.5. The zero-order chi connectivity index (χ0) is 20.7. The summed E-state index contributed by atoms with van der Waals surface area (Å²) >= 11 is 0. The Hall–Kier alpha value is -2.99. The van der Waals surface area contributed by atoms with Gasteiger partial charge in [-0.2, -0.15) is 0 Å². The Morgan fingerprint density at radius 3 is 2.60 bits per heavy atom. The first-order valence-corrected chi connectivity index (χ1v) is 10.4. The summed E-state index contributed by atoms with van der Waals surface area (Å²) in [4.78, 5) is 15.6. The third-order valence-corrected chi connectivity index (χ3v) is 6.11. The minimum absolute atomic E-state index is 0.177. The Morgan fingerprint density at radius 1 is 1.07 bits per heavy atom. The molecule has 0 atom stereocenters. The third-order valence-electron chi connectivity index (χ3n) is 6.11. The van der Waals surface area contributed by atoms with Crippen LogP contribution in [0.1, 0.15) is 37.0 Å². The molecule has 6 nitrogen and oxygen atoms in total. The zero-order valence-corrected chi connectivity index (χ0v) is 17.3. The summed E-state index contributed by atoms with van der Waals surface area (Å²) in [5.74, 6) is 2.43. The maximum atomic E-state index is 13.3. The molecule has 6 heteroatoms. The largest absolute Gasteiger partial charge is 0.493 e. The molecule has 1 aliphatic carbocycles. The van der Waals surface area contributed by atoms with Crippen molar-refractivity contribution in [3.05, 3.63) is 57.9 Å². The molecule has 3 aromatic rings. The van der Waals surface area contributed by atoms with E-state index in [1.165, 1.54) is 25.7 Å². The van der Waals surface area contributed by atoms with Gasteiger partial charge in [0.2, 0.25) is 11.2 Å². The van der Waals surface area contributed by atoms with E-state index in [0.717, 1.165) is 17.9 Å². The van der Waals surface area contributed by atoms with E-state index in [1.54, 1.807) is 32.2 Å². The summed E-state index contributed by atoms with van der Waals surface area (Å²) in [5.41, 5.74) is 1.33. The second-order valence-corrected chi connectivity index (χ2v) is 7.95. The van der Waals surface area contributed by atoms with Crippen molar-refractivity contribution < 1.29 is 18.6 Å². The second-order valence-electron chi connectivity index (χ2n) is 7.95. The van der Waals surface area contributed by atoms with Crippen LogP contribution in [0.25, 0.3) is 11.0 Å². The van der Waals surface area contributed by atoms with E-state index in [1.807, 2.05) is 18.2 Å². The fourth-order valence-corrected chi connectivity index (χ4v) is 4.51. The third kappa shape index (κ3) is 3.21. The van der Waals surface area contributed by atoms with Crippen molar-refractivity contribution in [3.63, 3.8) is 0 Å². The van der Waals surface area contributed by atoms with Gasteiger partial charge in [-0.05, 0) is 44.0 Å². The van der Waals surface area contributed by atoms with Gasteiger partial charge >= 0.3 is 0 Å². The molecule has 2 aliphatic rings. The molecule has 0 spiro atoms. The fourth-order valence-electron chi connectivity index (χ4n) is 4.51. The SMILES string of the molecule is COc1ccccc1Oc1c(C)oc2c3c(ccc2c1=O)OCN(C1CCCC1)C3. The Kier molecular flexibility index (Phi) is 4.87. The van der Waals surface area contributed by atoms with Gasteiger partial charge in [0.15, 0.2) is 11.5 Å². The van der Waals surface area contributed by atoms with Crippen molar-refractivity contribution >= 4 is 11.0 Å². The molecule has 0 N–H and O–H groups in total. The van der Waals surface area contributed by atoms with Gasteiger partial charge in [-0.15, -0.1) is 0 Å². The molecule has 0 unspecified atom stereocenters. The standard InChI is InChI=1S/C24H25NO5/c1-15-23(30-21-10-6-5-9-20(21)27-2)22(26)17-11-12-19-18(24(17)29-15)13-25(14-28-19)16-7-3-4-8-16/h5-6,9-12,16H,3-4,7-8,13-14H2,1-2H3. The van der Waals surface area contributed by atoms with Crippen LogP contribution in [-0.4, -0.2) is 24.8 Å². The molecule has 1 aliphatic heterocycles. The molecular formula is C24H25NO5. The number of aryl methyl sites for hydroxylation is 1. The maximum absolute atomic E-state index is 13.3. The van der Waals surface area contributed by atoms with Crippen molar-refractivity contribution in [2.75, 3.05) is 13.8 Å². The first-order chi connectivity index (χ1) is 14.7. The minimum atomic E-state index is -0.194. The molecule has 5 rings (SSSR count). The molecule has 30 heavy (non-hydrogen) atoms. The highest BCUT2D eigenvalue weighted by molar-refractivity contribution is 5.83. The van der Waals surface area contributed by atoms with Crippen molar-refractivity contribution in [3.8, 4) is 23.0 Å². The van der Waals surface area contributed by atoms with Gasteiger partial charge < -0.3 is 18.6 Å². The second kappa shape index (κ2) is 7.69. The van der Waals surface area contributed by atoms with Crippen LogP contribution in [0.2, 0.25) is 0 Å². The first-order valence-electron chi connectivity index (χ1n) is 10.4. The van der Waals surface area contributed by atoms with Gasteiger partial charge in [0.1, 0.15) is 23.8 Å². The lowest BCUT2D eigenvalue weighted by molar-refractivity contribution is 0.0581. The summed E-state index contributed by atoms with van der Waals surface area (Å²) in [5, 5.41) is 0.501. The van der Waals surface area contributed by atoms with Gasteiger partial charge in [-0.3, -0.25) is 9.69 Å². The summed E-state index contributed by atoms with van der Waals surface area (Å²) in [6.45, 7) is 3.07. The molecule has 1 aromatic heterocycles. The summed E-state index contributed by atoms with van der Waals surface area (Å²) in [6.07, 6.45) is 4.93. The van der Waals surface area contributed by atoms with Crippen molar-refractivity contribution in [2.45, 2.75) is 45.2 Å². The molecule has 1 saturated carbocycles. The molecule has 0 bridgehead atoms. The van der Waals surface area contributed by atoms with Crippen LogP contribution in [-0.2, 0) is 6.54 Å². The average Bonchev–Trinajstić information content (AvgIpc) is 3.31. The lowest BCUT2D eigenvalue weighted by Crippen LogP contribution is -2.39. The fraction of sp³-hybridized carbons (Fsp3) is 0.375. The van der Waals surface area contributed by atoms with E-state index in [2.05, 4.69) is 4.90 Å². The highest BCUT2D eigenvalue weighted by Gasteiger charge is 2.29. The maximum Gasteiger partial charge on any atom is 0.235 e. The first kappa shape index (κ1) is 19.0. The molecule has 0 radical (unpaired) electrons. The van der Waals surface area contributed by atoms with Crippen LogP contribution in [0.4, 0.5) is 0 Å². The van der Waals surface area contributed by atoms with Crippen LogP contribution >= 0.6 is 0 Å². The Labute approximate surface area is 175 Å². The van der Waals surface area contributed by atoms with Crippen LogP contribution in [0.15, 0.2) is 45.6 Å². The van der Waals surface area contributed by atoms with Gasteiger partial charge in [-0.1, -0.05) is 25.0 Å². The molecule has 2 heterocycles. The van der Waals surface area contributed by atoms with E-state index >= 15 is 0 Å². The Bertz CT molecular complexity index is 1150. The monoisotopic (exact) mass is 407 g/mol. The van der Waals surface area contributed by atoms with E-state index in [-0.39, 0.29) is 11.2 Å². The summed E-state index contributed by atoms with van der Waals surface area (Å²) in [7, 11) is 1.57. The quantitative estimate of drug-likeness (QED) is 0.607. The summed E-state index contributed by atoms with van der Waals surface area (Å²) < 4.78 is 23.4. The van der Waals surface area contributed by atoms with Crippen LogP contribution < -0.4 is 19.6 Å². The van der Waals surface area contributed by atoms with E-state index in [4.69, 9.17) is 18.6 Å². The molecule has 2 aromatic carbocycles. The van der Waals surface area contributed by atoms with Gasteiger partial charge in [0, 0.05) is 12.6 Å². The van der Waals surface area contributed by atoms with E-state index < -0.39 is 0 Å². The lowest BCUT2D eigenvalue weighted by atomic mass is 10.1. The summed E-state index contributed by atoms with van der Waals surface area (Å²) in [6, 6.07) is 11.4. The molecule has 156 valence electrons. The molecule has 0 saturated heterocycles. The number of nitrogens with zero attached hydrogens (tertiary/aromatic N) is 1. The van der Waals surface area contributed by atoms with Crippen molar-refractivity contribution in [1.29, 1.82) is 0 Å². The smallest absolute Gasteiger partial charge is 0.235 e. The lowest BCUT2D eigenvalue weighted by Gasteiger charge is -2.33. The predicted molar refractivity (Wildman–Crippen MR) is 114 cm³/mol. The highest BCUT2D eigenvalue weighted by Crippen LogP contribution is 2.37. The average molecular weight is 407 g/mol.